The Hall–Kier alpha value is -1.38. The van der Waals surface area contributed by atoms with Crippen molar-refractivity contribution in [2.75, 3.05) is 6.54 Å². The lowest BCUT2D eigenvalue weighted by Crippen LogP contribution is -2.39. The van der Waals surface area contributed by atoms with Crippen LogP contribution in [0.25, 0.3) is 0 Å². The number of benzene rings is 1. The van der Waals surface area contributed by atoms with Crippen LogP contribution in [0.5, 0.6) is 0 Å². The molecule has 0 heterocycles. The molecule has 0 unspecified atom stereocenters. The summed E-state index contributed by atoms with van der Waals surface area (Å²) in [6, 6.07) is 6.61. The summed E-state index contributed by atoms with van der Waals surface area (Å²) in [5, 5.41) is 8.85. The lowest BCUT2D eigenvalue weighted by Gasteiger charge is -2.38. The zero-order chi connectivity index (χ0) is 14.1. The number of rotatable bonds is 4. The van der Waals surface area contributed by atoms with Crippen LogP contribution in [0, 0.1) is 23.7 Å². The van der Waals surface area contributed by atoms with Gasteiger partial charge in [0.25, 0.3) is 0 Å². The van der Waals surface area contributed by atoms with E-state index in [1.165, 1.54) is 12.5 Å². The molecule has 0 bridgehead atoms. The summed E-state index contributed by atoms with van der Waals surface area (Å²) in [5.41, 5.74) is 1.29. The topological polar surface area (TPSA) is 70.0 Å². The zero-order valence-electron chi connectivity index (χ0n) is 11.2. The average Bonchev–Trinajstić information content (AvgIpc) is 2.34. The van der Waals surface area contributed by atoms with Crippen molar-refractivity contribution in [3.8, 4) is 6.07 Å². The molecule has 0 atom stereocenters. The fraction of sp³-hybridized carbons (Fsp3) is 0.500. The quantitative estimate of drug-likeness (QED) is 0.919. The number of nitriles is 1. The summed E-state index contributed by atoms with van der Waals surface area (Å²) in [5.74, 6) is 0. The van der Waals surface area contributed by atoms with Gasteiger partial charge in [-0.15, -0.1) is 0 Å². The normalized spacial score (nSPS) is 17.5. The second-order valence-electron chi connectivity index (χ2n) is 5.58. The van der Waals surface area contributed by atoms with E-state index in [4.69, 9.17) is 5.26 Å². The molecule has 1 N–H and O–H groups in total. The molecule has 0 spiro atoms. The van der Waals surface area contributed by atoms with Crippen LogP contribution in [-0.2, 0) is 10.0 Å². The smallest absolute Gasteiger partial charge is 0.211 e. The highest BCUT2D eigenvalue weighted by molar-refractivity contribution is 7.89. The first-order valence-electron chi connectivity index (χ1n) is 6.37. The standard InChI is InChI=1S/C14H18N2O2S/c1-11-8-13(5-4-12(11)9-15)19(17,18)16-10-14(2)6-3-7-14/h4-5,8,16H,3,6-7,10H2,1-2H3. The number of sulfonamides is 1. The summed E-state index contributed by atoms with van der Waals surface area (Å²) in [6.07, 6.45) is 3.32. The van der Waals surface area contributed by atoms with Crippen LogP contribution >= 0.6 is 0 Å². The Morgan fingerprint density at radius 3 is 2.58 bits per heavy atom. The van der Waals surface area contributed by atoms with Gasteiger partial charge < -0.3 is 0 Å². The van der Waals surface area contributed by atoms with Gasteiger partial charge in [-0.3, -0.25) is 0 Å². The van der Waals surface area contributed by atoms with Crippen LogP contribution in [0.4, 0.5) is 0 Å². The first kappa shape index (κ1) is 14.0. The van der Waals surface area contributed by atoms with Crippen molar-refractivity contribution in [2.45, 2.75) is 38.0 Å². The molecule has 5 heteroatoms. The Labute approximate surface area is 114 Å². The largest absolute Gasteiger partial charge is 0.240 e. The molecule has 1 aromatic carbocycles. The number of nitrogens with zero attached hydrogens (tertiary/aromatic N) is 1. The van der Waals surface area contributed by atoms with E-state index in [1.54, 1.807) is 19.1 Å². The van der Waals surface area contributed by atoms with Gasteiger partial charge in [-0.25, -0.2) is 13.1 Å². The molecule has 4 nitrogen and oxygen atoms in total. The Bertz CT molecular complexity index is 625. The van der Waals surface area contributed by atoms with Crippen LogP contribution in [0.3, 0.4) is 0 Å². The van der Waals surface area contributed by atoms with Gasteiger partial charge in [0.2, 0.25) is 10.0 Å². The Morgan fingerprint density at radius 1 is 1.42 bits per heavy atom. The van der Waals surface area contributed by atoms with Crippen LogP contribution in [0.2, 0.25) is 0 Å². The number of aryl methyl sites for hydroxylation is 1. The maximum atomic E-state index is 12.2. The lowest BCUT2D eigenvalue weighted by atomic mass is 9.71. The van der Waals surface area contributed by atoms with E-state index >= 15 is 0 Å². The first-order chi connectivity index (χ1) is 8.86. The SMILES string of the molecule is Cc1cc(S(=O)(=O)NCC2(C)CCC2)ccc1C#N. The van der Waals surface area contributed by atoms with Gasteiger partial charge in [-0.1, -0.05) is 13.3 Å². The summed E-state index contributed by atoms with van der Waals surface area (Å²) in [6.45, 7) is 4.32. The molecule has 0 aromatic heterocycles. The van der Waals surface area contributed by atoms with Gasteiger partial charge in [-0.05, 0) is 48.9 Å². The first-order valence-corrected chi connectivity index (χ1v) is 7.85. The Balaban J connectivity index is 2.15. The molecule has 2 rings (SSSR count). The van der Waals surface area contributed by atoms with Crippen molar-refractivity contribution in [3.63, 3.8) is 0 Å². The van der Waals surface area contributed by atoms with Gasteiger partial charge in [0.15, 0.2) is 0 Å². The molecule has 1 saturated carbocycles. The monoisotopic (exact) mass is 278 g/mol. The minimum atomic E-state index is -3.48. The minimum Gasteiger partial charge on any atom is -0.211 e. The molecule has 1 fully saturated rings. The molecule has 1 aromatic rings. The van der Waals surface area contributed by atoms with Crippen molar-refractivity contribution in [3.05, 3.63) is 29.3 Å². The van der Waals surface area contributed by atoms with Crippen molar-refractivity contribution in [2.24, 2.45) is 5.41 Å². The molecule has 0 radical (unpaired) electrons. The summed E-state index contributed by atoms with van der Waals surface area (Å²) in [7, 11) is -3.48. The maximum Gasteiger partial charge on any atom is 0.240 e. The van der Waals surface area contributed by atoms with Gasteiger partial charge in [0, 0.05) is 6.54 Å². The molecule has 1 aliphatic rings. The van der Waals surface area contributed by atoms with E-state index in [-0.39, 0.29) is 10.3 Å². The third-order valence-corrected chi connectivity index (χ3v) is 5.28. The second-order valence-corrected chi connectivity index (χ2v) is 7.34. The molecule has 0 saturated heterocycles. The van der Waals surface area contributed by atoms with E-state index in [1.807, 2.05) is 6.07 Å². The number of hydrogen-bond donors (Lipinski definition) is 1. The Morgan fingerprint density at radius 2 is 2.11 bits per heavy atom. The van der Waals surface area contributed by atoms with E-state index < -0.39 is 10.0 Å². The van der Waals surface area contributed by atoms with Gasteiger partial charge in [0.05, 0.1) is 16.5 Å². The molecule has 102 valence electrons. The molecular formula is C14H18N2O2S. The maximum absolute atomic E-state index is 12.2. The fourth-order valence-corrected chi connectivity index (χ4v) is 3.52. The third kappa shape index (κ3) is 2.96. The molecule has 0 amide bonds. The zero-order valence-corrected chi connectivity index (χ0v) is 12.0. The molecular weight excluding hydrogens is 260 g/mol. The number of hydrogen-bond acceptors (Lipinski definition) is 3. The van der Waals surface area contributed by atoms with E-state index in [2.05, 4.69) is 11.6 Å². The van der Waals surface area contributed by atoms with Crippen molar-refractivity contribution in [1.29, 1.82) is 5.26 Å². The van der Waals surface area contributed by atoms with Gasteiger partial charge in [0.1, 0.15) is 0 Å². The molecule has 1 aliphatic carbocycles. The summed E-state index contributed by atoms with van der Waals surface area (Å²) >= 11 is 0. The van der Waals surface area contributed by atoms with Crippen LogP contribution in [0.15, 0.2) is 23.1 Å². The molecule has 0 aliphatic heterocycles. The average molecular weight is 278 g/mol. The second kappa shape index (κ2) is 4.95. The Kier molecular flexibility index (Phi) is 3.66. The van der Waals surface area contributed by atoms with Crippen molar-refractivity contribution in [1.82, 2.24) is 4.72 Å². The van der Waals surface area contributed by atoms with Gasteiger partial charge in [-0.2, -0.15) is 5.26 Å². The predicted molar refractivity (Wildman–Crippen MR) is 73.0 cm³/mol. The predicted octanol–water partition coefficient (Wildman–Crippen LogP) is 2.34. The number of nitrogens with one attached hydrogen (secondary N) is 1. The highest BCUT2D eigenvalue weighted by atomic mass is 32.2. The van der Waals surface area contributed by atoms with E-state index in [0.29, 0.717) is 17.7 Å². The highest BCUT2D eigenvalue weighted by Crippen LogP contribution is 2.39. The van der Waals surface area contributed by atoms with Crippen LogP contribution in [-0.4, -0.2) is 15.0 Å². The van der Waals surface area contributed by atoms with E-state index in [9.17, 15) is 8.42 Å². The third-order valence-electron chi connectivity index (χ3n) is 3.88. The lowest BCUT2D eigenvalue weighted by molar-refractivity contribution is 0.166. The molecule has 19 heavy (non-hydrogen) atoms. The summed E-state index contributed by atoms with van der Waals surface area (Å²) in [4.78, 5) is 0.229. The van der Waals surface area contributed by atoms with Crippen LogP contribution in [0.1, 0.15) is 37.3 Å². The van der Waals surface area contributed by atoms with Gasteiger partial charge >= 0.3 is 0 Å². The van der Waals surface area contributed by atoms with Crippen molar-refractivity contribution >= 4 is 10.0 Å². The minimum absolute atomic E-state index is 0.106. The van der Waals surface area contributed by atoms with Crippen LogP contribution < -0.4 is 4.72 Å². The highest BCUT2D eigenvalue weighted by Gasteiger charge is 2.33. The van der Waals surface area contributed by atoms with E-state index in [0.717, 1.165) is 12.8 Å². The van der Waals surface area contributed by atoms with Crippen molar-refractivity contribution < 1.29 is 8.42 Å². The summed E-state index contributed by atoms with van der Waals surface area (Å²) < 4.78 is 27.0. The fourth-order valence-electron chi connectivity index (χ4n) is 2.24.